The third-order valence-corrected chi connectivity index (χ3v) is 2.75. The van der Waals surface area contributed by atoms with Crippen molar-refractivity contribution >= 4 is 0 Å². The summed E-state index contributed by atoms with van der Waals surface area (Å²) >= 11 is 0. The van der Waals surface area contributed by atoms with Gasteiger partial charge < -0.3 is 9.84 Å². The Morgan fingerprint density at radius 1 is 1.25 bits per heavy atom. The highest BCUT2D eigenvalue weighted by atomic mass is 19.4. The lowest BCUT2D eigenvalue weighted by molar-refractivity contribution is -0.137. The van der Waals surface area contributed by atoms with Crippen molar-refractivity contribution < 1.29 is 17.7 Å². The van der Waals surface area contributed by atoms with Gasteiger partial charge in [0.25, 0.3) is 0 Å². The first-order chi connectivity index (χ1) is 9.38. The van der Waals surface area contributed by atoms with Gasteiger partial charge in [-0.1, -0.05) is 37.2 Å². The van der Waals surface area contributed by atoms with Crippen LogP contribution in [0.5, 0.6) is 0 Å². The molecule has 0 spiro atoms. The average molecular weight is 284 g/mol. The Balaban J connectivity index is 2.29. The molecule has 0 bridgehead atoms. The van der Waals surface area contributed by atoms with Gasteiger partial charge in [0, 0.05) is 24.2 Å². The summed E-state index contributed by atoms with van der Waals surface area (Å²) in [4.78, 5) is 0. The molecule has 0 atom stereocenters. The highest BCUT2D eigenvalue weighted by molar-refractivity contribution is 5.63. The minimum Gasteiger partial charge on any atom is -0.356 e. The summed E-state index contributed by atoms with van der Waals surface area (Å²) in [6, 6.07) is 7.09. The molecule has 20 heavy (non-hydrogen) atoms. The van der Waals surface area contributed by atoms with Crippen molar-refractivity contribution in [2.75, 3.05) is 0 Å². The second-order valence-corrected chi connectivity index (χ2v) is 4.76. The van der Waals surface area contributed by atoms with Crippen LogP contribution in [-0.4, -0.2) is 11.2 Å². The Kier molecular flexibility index (Phi) is 4.13. The van der Waals surface area contributed by atoms with Crippen LogP contribution in [0.25, 0.3) is 11.3 Å². The van der Waals surface area contributed by atoms with Crippen molar-refractivity contribution in [3.8, 4) is 11.3 Å². The predicted molar refractivity (Wildman–Crippen MR) is 68.9 cm³/mol. The van der Waals surface area contributed by atoms with E-state index in [1.807, 2.05) is 13.8 Å². The van der Waals surface area contributed by atoms with Crippen molar-refractivity contribution in [2.24, 2.45) is 0 Å². The van der Waals surface area contributed by atoms with Crippen molar-refractivity contribution in [3.05, 3.63) is 41.6 Å². The largest absolute Gasteiger partial charge is 0.417 e. The topological polar surface area (TPSA) is 38.1 Å². The Morgan fingerprint density at radius 2 is 1.95 bits per heavy atom. The van der Waals surface area contributed by atoms with E-state index in [1.165, 1.54) is 18.2 Å². The average Bonchev–Trinajstić information content (AvgIpc) is 2.84. The molecule has 108 valence electrons. The molecule has 0 aliphatic rings. The van der Waals surface area contributed by atoms with Gasteiger partial charge in [-0.3, -0.25) is 0 Å². The third kappa shape index (κ3) is 3.39. The molecular formula is C14H15F3N2O. The van der Waals surface area contributed by atoms with Crippen LogP contribution < -0.4 is 5.32 Å². The zero-order valence-corrected chi connectivity index (χ0v) is 11.2. The number of rotatable bonds is 4. The van der Waals surface area contributed by atoms with E-state index in [1.54, 1.807) is 6.07 Å². The molecule has 1 aromatic heterocycles. The van der Waals surface area contributed by atoms with Crippen LogP contribution in [0.2, 0.25) is 0 Å². The maximum atomic E-state index is 12.9. The predicted octanol–water partition coefficient (Wildman–Crippen LogP) is 3.86. The number of alkyl halides is 3. The van der Waals surface area contributed by atoms with Crippen molar-refractivity contribution in [2.45, 2.75) is 32.6 Å². The summed E-state index contributed by atoms with van der Waals surface area (Å²) in [5, 5.41) is 6.91. The van der Waals surface area contributed by atoms with E-state index in [2.05, 4.69) is 10.5 Å². The third-order valence-electron chi connectivity index (χ3n) is 2.75. The fraction of sp³-hybridized carbons (Fsp3) is 0.357. The number of hydrogen-bond donors (Lipinski definition) is 1. The van der Waals surface area contributed by atoms with E-state index < -0.39 is 11.7 Å². The van der Waals surface area contributed by atoms with Gasteiger partial charge in [-0.05, 0) is 6.07 Å². The molecule has 0 unspecified atom stereocenters. The number of halogens is 3. The van der Waals surface area contributed by atoms with Gasteiger partial charge >= 0.3 is 6.18 Å². The second kappa shape index (κ2) is 5.66. The Labute approximate surface area is 114 Å². The fourth-order valence-corrected chi connectivity index (χ4v) is 1.78. The van der Waals surface area contributed by atoms with Gasteiger partial charge in [-0.25, -0.2) is 0 Å². The molecule has 6 heteroatoms. The van der Waals surface area contributed by atoms with E-state index in [-0.39, 0.29) is 17.4 Å². The first-order valence-electron chi connectivity index (χ1n) is 6.23. The molecular weight excluding hydrogens is 269 g/mol. The molecule has 0 saturated heterocycles. The molecule has 1 heterocycles. The van der Waals surface area contributed by atoms with E-state index in [0.717, 1.165) is 6.07 Å². The molecule has 1 N–H and O–H groups in total. The van der Waals surface area contributed by atoms with Crippen molar-refractivity contribution in [3.63, 3.8) is 0 Å². The summed E-state index contributed by atoms with van der Waals surface area (Å²) < 4.78 is 43.8. The number of aromatic nitrogens is 1. The molecule has 0 amide bonds. The zero-order valence-electron chi connectivity index (χ0n) is 11.2. The van der Waals surface area contributed by atoms with Crippen LogP contribution in [0.1, 0.15) is 25.1 Å². The van der Waals surface area contributed by atoms with Crippen molar-refractivity contribution in [1.82, 2.24) is 10.5 Å². The van der Waals surface area contributed by atoms with Gasteiger partial charge in [-0.15, -0.1) is 0 Å². The van der Waals surface area contributed by atoms with Crippen LogP contribution in [-0.2, 0) is 12.7 Å². The van der Waals surface area contributed by atoms with Gasteiger partial charge in [0.05, 0.1) is 11.3 Å². The maximum absolute atomic E-state index is 12.9. The molecule has 3 nitrogen and oxygen atoms in total. The van der Waals surface area contributed by atoms with Crippen LogP contribution in [0, 0.1) is 0 Å². The van der Waals surface area contributed by atoms with Crippen LogP contribution in [0.4, 0.5) is 13.2 Å². The highest BCUT2D eigenvalue weighted by Crippen LogP contribution is 2.36. The number of hydrogen-bond acceptors (Lipinski definition) is 3. The molecule has 0 aliphatic heterocycles. The molecule has 0 radical (unpaired) electrons. The summed E-state index contributed by atoms with van der Waals surface area (Å²) in [5.74, 6) is 0.124. The first-order valence-corrected chi connectivity index (χ1v) is 6.23. The first kappa shape index (κ1) is 14.6. The molecule has 2 aromatic rings. The van der Waals surface area contributed by atoms with Gasteiger partial charge in [0.1, 0.15) is 0 Å². The van der Waals surface area contributed by atoms with Crippen molar-refractivity contribution in [1.29, 1.82) is 0 Å². The van der Waals surface area contributed by atoms with E-state index in [0.29, 0.717) is 12.2 Å². The van der Waals surface area contributed by atoms with Crippen LogP contribution in [0.3, 0.4) is 0 Å². The molecule has 0 fully saturated rings. The zero-order chi connectivity index (χ0) is 14.8. The number of nitrogens with zero attached hydrogens (tertiary/aromatic N) is 1. The quantitative estimate of drug-likeness (QED) is 0.926. The summed E-state index contributed by atoms with van der Waals surface area (Å²) in [5.41, 5.74) is -0.145. The SMILES string of the molecule is CC(C)NCc1cc(-c2ccccc2C(F)(F)F)on1. The molecule has 2 rings (SSSR count). The van der Waals surface area contributed by atoms with Crippen LogP contribution >= 0.6 is 0 Å². The Hall–Kier alpha value is -1.82. The lowest BCUT2D eigenvalue weighted by atomic mass is 10.0. The van der Waals surface area contributed by atoms with E-state index in [9.17, 15) is 13.2 Å². The minimum atomic E-state index is -4.42. The number of benzene rings is 1. The molecule has 0 saturated carbocycles. The lowest BCUT2D eigenvalue weighted by Gasteiger charge is -2.09. The Bertz CT molecular complexity index is 576. The monoisotopic (exact) mass is 284 g/mol. The highest BCUT2D eigenvalue weighted by Gasteiger charge is 2.34. The summed E-state index contributed by atoms with van der Waals surface area (Å²) in [6.45, 7) is 4.40. The normalized spacial score (nSPS) is 12.1. The molecule has 0 aliphatic carbocycles. The summed E-state index contributed by atoms with van der Waals surface area (Å²) in [7, 11) is 0. The Morgan fingerprint density at radius 3 is 2.60 bits per heavy atom. The van der Waals surface area contributed by atoms with E-state index >= 15 is 0 Å². The minimum absolute atomic E-state index is 0.00305. The van der Waals surface area contributed by atoms with E-state index in [4.69, 9.17) is 4.52 Å². The second-order valence-electron chi connectivity index (χ2n) is 4.76. The van der Waals surface area contributed by atoms with Gasteiger partial charge in [0.15, 0.2) is 5.76 Å². The smallest absolute Gasteiger partial charge is 0.356 e. The summed E-state index contributed by atoms with van der Waals surface area (Å²) in [6.07, 6.45) is -4.42. The standard InChI is InChI=1S/C14H15F3N2O/c1-9(2)18-8-10-7-13(20-19-10)11-5-3-4-6-12(11)14(15,16)17/h3-7,9,18H,8H2,1-2H3. The van der Waals surface area contributed by atoms with Gasteiger partial charge in [0.2, 0.25) is 0 Å². The van der Waals surface area contributed by atoms with Gasteiger partial charge in [-0.2, -0.15) is 13.2 Å². The lowest BCUT2D eigenvalue weighted by Crippen LogP contribution is -2.21. The fourth-order valence-electron chi connectivity index (χ4n) is 1.78. The van der Waals surface area contributed by atoms with Crippen LogP contribution in [0.15, 0.2) is 34.9 Å². The maximum Gasteiger partial charge on any atom is 0.417 e. The number of nitrogens with one attached hydrogen (secondary N) is 1. The molecule has 1 aromatic carbocycles.